The molecule has 7 nitrogen and oxygen atoms in total. The average molecular weight is 329 g/mol. The van der Waals surface area contributed by atoms with Gasteiger partial charge in [0.25, 0.3) is 0 Å². The molecular formula is C16H27NO6. The van der Waals surface area contributed by atoms with Crippen LogP contribution in [0.25, 0.3) is 0 Å². The lowest BCUT2D eigenvalue weighted by Crippen LogP contribution is -2.28. The number of hydrogen-bond acceptors (Lipinski definition) is 7. The molecule has 0 bridgehead atoms. The van der Waals surface area contributed by atoms with E-state index in [1.54, 1.807) is 18.2 Å². The summed E-state index contributed by atoms with van der Waals surface area (Å²) in [5.74, 6) is 0.665. The fraction of sp³-hybridized carbons (Fsp3) is 0.625. The average Bonchev–Trinajstić information content (AvgIpc) is 2.57. The minimum Gasteiger partial charge on any atom is -0.504 e. The number of rotatable bonds is 14. The Morgan fingerprint density at radius 3 is 2.13 bits per heavy atom. The molecule has 7 heteroatoms. The molecule has 3 N–H and O–H groups in total. The molecule has 23 heavy (non-hydrogen) atoms. The molecule has 0 aromatic heterocycles. The number of unbranched alkanes of at least 4 members (excludes halogenated alkanes) is 3. The summed E-state index contributed by atoms with van der Waals surface area (Å²) >= 11 is 0. The predicted molar refractivity (Wildman–Crippen MR) is 84.9 cm³/mol. The molecule has 0 amide bonds. The Balaban J connectivity index is 2.05. The van der Waals surface area contributed by atoms with Crippen LogP contribution < -0.4 is 4.74 Å². The van der Waals surface area contributed by atoms with E-state index in [0.717, 1.165) is 25.7 Å². The van der Waals surface area contributed by atoms with E-state index in [1.165, 1.54) is 5.23 Å². The number of benzene rings is 1. The molecule has 0 unspecified atom stereocenters. The maximum atomic E-state index is 9.56. The Hall–Kier alpha value is -1.38. The summed E-state index contributed by atoms with van der Waals surface area (Å²) in [4.78, 5) is 10.4. The van der Waals surface area contributed by atoms with Crippen molar-refractivity contribution in [2.45, 2.75) is 25.7 Å². The Morgan fingerprint density at radius 2 is 1.48 bits per heavy atom. The second kappa shape index (κ2) is 13.1. The van der Waals surface area contributed by atoms with Crippen LogP contribution in [-0.4, -0.2) is 60.1 Å². The van der Waals surface area contributed by atoms with Gasteiger partial charge in [-0.15, -0.1) is 0 Å². The summed E-state index contributed by atoms with van der Waals surface area (Å²) in [5.41, 5.74) is 0. The molecule has 0 heterocycles. The van der Waals surface area contributed by atoms with Crippen molar-refractivity contribution in [1.29, 1.82) is 0 Å². The number of phenolic OH excluding ortho intramolecular Hbond substituents is 1. The Labute approximate surface area is 136 Å². The van der Waals surface area contributed by atoms with Crippen molar-refractivity contribution >= 4 is 0 Å². The first kappa shape index (κ1) is 19.7. The van der Waals surface area contributed by atoms with Gasteiger partial charge in [-0.3, -0.25) is 9.68 Å². The third kappa shape index (κ3) is 9.37. The summed E-state index contributed by atoms with van der Waals surface area (Å²) in [6, 6.07) is 6.92. The van der Waals surface area contributed by atoms with Gasteiger partial charge in [-0.25, -0.2) is 0 Å². The number of para-hydroxylation sites is 2. The van der Waals surface area contributed by atoms with Crippen LogP contribution in [0.3, 0.4) is 0 Å². The standard InChI is InChI=1S/C16H27NO6/c18-10-13-22-17(23-14-11-19)9-5-1-2-6-12-21-16-8-4-3-7-15(16)20/h3-4,7-8,18-20H,1-2,5-6,9-14H2. The second-order valence-corrected chi connectivity index (χ2v) is 4.90. The number of nitrogens with zero attached hydrogens (tertiary/aromatic N) is 1. The number of phenols is 1. The van der Waals surface area contributed by atoms with Crippen molar-refractivity contribution in [3.05, 3.63) is 24.3 Å². The molecule has 0 aliphatic rings. The van der Waals surface area contributed by atoms with Crippen LogP contribution in [0.5, 0.6) is 11.5 Å². The first-order valence-corrected chi connectivity index (χ1v) is 7.93. The molecule has 132 valence electrons. The van der Waals surface area contributed by atoms with E-state index >= 15 is 0 Å². The quantitative estimate of drug-likeness (QED) is 0.352. The van der Waals surface area contributed by atoms with E-state index < -0.39 is 0 Å². The molecule has 1 aromatic rings. The predicted octanol–water partition coefficient (Wildman–Crippen LogP) is 1.48. The van der Waals surface area contributed by atoms with Gasteiger partial charge in [0.15, 0.2) is 11.5 Å². The maximum absolute atomic E-state index is 9.56. The highest BCUT2D eigenvalue weighted by molar-refractivity contribution is 5.37. The molecule has 0 fully saturated rings. The van der Waals surface area contributed by atoms with Gasteiger partial charge >= 0.3 is 0 Å². The molecule has 1 rings (SSSR count). The van der Waals surface area contributed by atoms with Crippen molar-refractivity contribution in [2.24, 2.45) is 0 Å². The van der Waals surface area contributed by atoms with E-state index in [-0.39, 0.29) is 32.2 Å². The van der Waals surface area contributed by atoms with Crippen LogP contribution in [0.4, 0.5) is 0 Å². The monoisotopic (exact) mass is 329 g/mol. The van der Waals surface area contributed by atoms with E-state index in [2.05, 4.69) is 0 Å². The molecule has 0 saturated carbocycles. The van der Waals surface area contributed by atoms with Crippen LogP contribution in [-0.2, 0) is 9.68 Å². The molecule has 1 aromatic carbocycles. The number of ether oxygens (including phenoxy) is 1. The fourth-order valence-electron chi connectivity index (χ4n) is 1.91. The van der Waals surface area contributed by atoms with Gasteiger partial charge in [0.1, 0.15) is 0 Å². The van der Waals surface area contributed by atoms with Crippen molar-refractivity contribution < 1.29 is 29.7 Å². The lowest BCUT2D eigenvalue weighted by atomic mass is 10.2. The smallest absolute Gasteiger partial charge is 0.160 e. The molecule has 0 spiro atoms. The van der Waals surface area contributed by atoms with Gasteiger partial charge in [0.05, 0.1) is 39.6 Å². The third-order valence-electron chi connectivity index (χ3n) is 3.01. The van der Waals surface area contributed by atoms with E-state index in [1.807, 2.05) is 6.07 Å². The lowest BCUT2D eigenvalue weighted by molar-refractivity contribution is -0.371. The highest BCUT2D eigenvalue weighted by atomic mass is 16.9. The van der Waals surface area contributed by atoms with Gasteiger partial charge in [0, 0.05) is 0 Å². The highest BCUT2D eigenvalue weighted by Gasteiger charge is 2.05. The molecule has 0 saturated heterocycles. The minimum atomic E-state index is -0.0807. The minimum absolute atomic E-state index is 0.0807. The number of aromatic hydroxyl groups is 1. The second-order valence-electron chi connectivity index (χ2n) is 4.90. The zero-order valence-corrected chi connectivity index (χ0v) is 13.4. The molecular weight excluding hydrogens is 302 g/mol. The first-order chi connectivity index (χ1) is 11.3. The van der Waals surface area contributed by atoms with Crippen LogP contribution >= 0.6 is 0 Å². The summed E-state index contributed by atoms with van der Waals surface area (Å²) in [7, 11) is 0. The Kier molecular flexibility index (Phi) is 11.2. The number of aliphatic hydroxyl groups is 2. The van der Waals surface area contributed by atoms with Crippen LogP contribution in [0.1, 0.15) is 25.7 Å². The van der Waals surface area contributed by atoms with Crippen LogP contribution in [0.15, 0.2) is 24.3 Å². The number of aliphatic hydroxyl groups excluding tert-OH is 2. The van der Waals surface area contributed by atoms with Crippen LogP contribution in [0, 0.1) is 0 Å². The van der Waals surface area contributed by atoms with Gasteiger partial charge < -0.3 is 20.1 Å². The summed E-state index contributed by atoms with van der Waals surface area (Å²) in [6.07, 6.45) is 3.73. The largest absolute Gasteiger partial charge is 0.504 e. The molecule has 0 atom stereocenters. The van der Waals surface area contributed by atoms with Gasteiger partial charge in [0.2, 0.25) is 0 Å². The van der Waals surface area contributed by atoms with E-state index in [0.29, 0.717) is 18.9 Å². The lowest BCUT2D eigenvalue weighted by Gasteiger charge is -2.20. The van der Waals surface area contributed by atoms with Gasteiger partial charge in [-0.2, -0.15) is 0 Å². The van der Waals surface area contributed by atoms with Crippen molar-refractivity contribution in [2.75, 3.05) is 39.6 Å². The summed E-state index contributed by atoms with van der Waals surface area (Å²) in [6.45, 7) is 1.30. The van der Waals surface area contributed by atoms with E-state index in [4.69, 9.17) is 24.6 Å². The molecule has 0 aliphatic heterocycles. The molecule has 0 aliphatic carbocycles. The number of hydrogen-bond donors (Lipinski definition) is 3. The van der Waals surface area contributed by atoms with Crippen LogP contribution in [0.2, 0.25) is 0 Å². The molecule has 0 radical (unpaired) electrons. The van der Waals surface area contributed by atoms with Crippen molar-refractivity contribution in [1.82, 2.24) is 5.23 Å². The maximum Gasteiger partial charge on any atom is 0.160 e. The highest BCUT2D eigenvalue weighted by Crippen LogP contribution is 2.24. The summed E-state index contributed by atoms with van der Waals surface area (Å²) in [5, 5.41) is 28.3. The zero-order valence-electron chi connectivity index (χ0n) is 13.4. The number of hydroxylamine groups is 2. The third-order valence-corrected chi connectivity index (χ3v) is 3.01. The zero-order chi connectivity index (χ0) is 16.8. The first-order valence-electron chi connectivity index (χ1n) is 7.93. The van der Waals surface area contributed by atoms with E-state index in [9.17, 15) is 5.11 Å². The normalized spacial score (nSPS) is 11.1. The summed E-state index contributed by atoms with van der Waals surface area (Å²) < 4.78 is 5.51. The van der Waals surface area contributed by atoms with Gasteiger partial charge in [-0.05, 0) is 25.0 Å². The Morgan fingerprint density at radius 1 is 0.826 bits per heavy atom. The SMILES string of the molecule is OCCON(CCCCCCOc1ccccc1O)OCCO. The van der Waals surface area contributed by atoms with Gasteiger partial charge in [-0.1, -0.05) is 30.2 Å². The topological polar surface area (TPSA) is 91.6 Å². The Bertz CT molecular complexity index is 396. The fourth-order valence-corrected chi connectivity index (χ4v) is 1.91. The van der Waals surface area contributed by atoms with Crippen molar-refractivity contribution in [3.63, 3.8) is 0 Å². The van der Waals surface area contributed by atoms with Crippen molar-refractivity contribution in [3.8, 4) is 11.5 Å².